The van der Waals surface area contributed by atoms with Gasteiger partial charge in [0.1, 0.15) is 13.2 Å². The monoisotopic (exact) mass is 1210 g/mol. The van der Waals surface area contributed by atoms with Gasteiger partial charge in [-0.1, -0.05) is 320 Å². The Labute approximate surface area is 531 Å². The molecule has 1 amide bonds. The maximum absolute atomic E-state index is 13.0. The Bertz CT molecular complexity index is 1910. The molecule has 0 aromatic rings. The second-order valence-electron chi connectivity index (χ2n) is 24.5. The summed E-state index contributed by atoms with van der Waals surface area (Å²) in [5.41, 5.74) is 0. The number of phosphoric acid groups is 1. The number of hydrogen-bond acceptors (Lipinski definition) is 6. The molecule has 8 nitrogen and oxygen atoms in total. The molecule has 0 rings (SSSR count). The number of likely N-dealkylation sites (N-methyl/N-ethyl adjacent to an activating group) is 1. The predicted molar refractivity (Wildman–Crippen MR) is 375 cm³/mol. The molecule has 2 N–H and O–H groups in total. The number of aliphatic hydroxyl groups excluding tert-OH is 1. The van der Waals surface area contributed by atoms with Crippen LogP contribution in [0.5, 0.6) is 0 Å². The topological polar surface area (TPSA) is 108 Å². The fourth-order valence-corrected chi connectivity index (χ4v) is 10.4. The Morgan fingerprint density at radius 1 is 0.419 bits per heavy atom. The first-order chi connectivity index (χ1) is 42.0. The van der Waals surface area contributed by atoms with E-state index in [-0.39, 0.29) is 19.1 Å². The number of carbonyl (C=O) groups is 1. The lowest BCUT2D eigenvalue weighted by Gasteiger charge is -2.30. The van der Waals surface area contributed by atoms with Crippen LogP contribution in [-0.2, 0) is 18.4 Å². The number of unbranched alkanes of at least 4 members (excludes halogenated alkanes) is 26. The number of nitrogens with one attached hydrogen (secondary N) is 1. The molecule has 0 bridgehead atoms. The summed E-state index contributed by atoms with van der Waals surface area (Å²) in [6, 6.07) is -0.837. The number of phosphoric ester groups is 1. The van der Waals surface area contributed by atoms with E-state index in [1.54, 1.807) is 0 Å². The van der Waals surface area contributed by atoms with E-state index in [0.717, 1.165) is 109 Å². The highest BCUT2D eigenvalue weighted by Gasteiger charge is 2.24. The SMILES string of the molecule is CC/C=C\C/C=C\C/C=C\C/C=C\C/C=C\C/C=C\C/C=C\C/C=C\C/C=C\C/C=C\C/C=C\C/C=C\CCCCC(=O)NC(COP(=O)([O-])OCC[N+](C)(C)C)C(O)CCCCCCCCCCCCCCCCCCCCCCCCCCC. The quantitative estimate of drug-likeness (QED) is 0.0272. The van der Waals surface area contributed by atoms with E-state index in [0.29, 0.717) is 30.3 Å². The number of aliphatic hydroxyl groups is 1. The van der Waals surface area contributed by atoms with Crippen molar-refractivity contribution in [3.8, 4) is 0 Å². The van der Waals surface area contributed by atoms with Gasteiger partial charge in [0.25, 0.3) is 7.82 Å². The Balaban J connectivity index is 4.21. The third kappa shape index (κ3) is 67.9. The molecule has 0 saturated carbocycles. The molecule has 0 aliphatic heterocycles. The van der Waals surface area contributed by atoms with Crippen molar-refractivity contribution in [2.45, 2.75) is 296 Å². The summed E-state index contributed by atoms with van der Waals surface area (Å²) >= 11 is 0. The van der Waals surface area contributed by atoms with Gasteiger partial charge in [0.2, 0.25) is 5.91 Å². The van der Waals surface area contributed by atoms with E-state index in [1.165, 1.54) is 141 Å². The first-order valence-electron chi connectivity index (χ1n) is 35.2. The van der Waals surface area contributed by atoms with Crippen molar-refractivity contribution in [3.05, 3.63) is 146 Å². The summed E-state index contributed by atoms with van der Waals surface area (Å²) in [6.07, 6.45) is 101. The molecule has 9 heteroatoms. The summed E-state index contributed by atoms with van der Waals surface area (Å²) in [5.74, 6) is -0.209. The summed E-state index contributed by atoms with van der Waals surface area (Å²) in [6.45, 7) is 4.59. The first-order valence-corrected chi connectivity index (χ1v) is 36.6. The summed E-state index contributed by atoms with van der Waals surface area (Å²) in [5, 5.41) is 14.1. The van der Waals surface area contributed by atoms with Crippen LogP contribution in [0.15, 0.2) is 146 Å². The number of allylic oxidation sites excluding steroid dienone is 24. The highest BCUT2D eigenvalue weighted by Crippen LogP contribution is 2.38. The zero-order valence-corrected chi connectivity index (χ0v) is 57.1. The van der Waals surface area contributed by atoms with Gasteiger partial charge < -0.3 is 28.8 Å². The van der Waals surface area contributed by atoms with Crippen molar-refractivity contribution in [1.29, 1.82) is 0 Å². The van der Waals surface area contributed by atoms with Gasteiger partial charge in [-0.25, -0.2) is 0 Å². The molecule has 3 unspecified atom stereocenters. The minimum Gasteiger partial charge on any atom is -0.756 e. The average molecular weight is 1210 g/mol. The van der Waals surface area contributed by atoms with Crippen LogP contribution < -0.4 is 10.2 Å². The van der Waals surface area contributed by atoms with E-state index < -0.39 is 20.0 Å². The van der Waals surface area contributed by atoms with Gasteiger partial charge in [0.05, 0.1) is 39.9 Å². The van der Waals surface area contributed by atoms with Crippen molar-refractivity contribution in [2.75, 3.05) is 40.9 Å². The van der Waals surface area contributed by atoms with Crippen LogP contribution in [0, 0.1) is 0 Å². The van der Waals surface area contributed by atoms with Crippen LogP contribution in [0.1, 0.15) is 284 Å². The van der Waals surface area contributed by atoms with E-state index >= 15 is 0 Å². The third-order valence-corrected chi connectivity index (χ3v) is 16.1. The van der Waals surface area contributed by atoms with Crippen molar-refractivity contribution in [1.82, 2.24) is 5.32 Å². The molecule has 0 saturated heterocycles. The minimum absolute atomic E-state index is 0.00367. The second-order valence-corrected chi connectivity index (χ2v) is 25.9. The Hall–Kier alpha value is -3.62. The van der Waals surface area contributed by atoms with Gasteiger partial charge in [0, 0.05) is 6.42 Å². The number of carbonyl (C=O) groups excluding carboxylic acids is 1. The molecule has 0 fully saturated rings. The van der Waals surface area contributed by atoms with Gasteiger partial charge in [-0.3, -0.25) is 9.36 Å². The van der Waals surface area contributed by atoms with Gasteiger partial charge in [-0.15, -0.1) is 0 Å². The van der Waals surface area contributed by atoms with E-state index in [1.807, 2.05) is 21.1 Å². The van der Waals surface area contributed by atoms with E-state index in [9.17, 15) is 19.4 Å². The number of quaternary nitrogens is 1. The van der Waals surface area contributed by atoms with Gasteiger partial charge in [-0.2, -0.15) is 0 Å². The zero-order valence-electron chi connectivity index (χ0n) is 56.2. The fraction of sp³-hybridized carbons (Fsp3) is 0.675. The maximum Gasteiger partial charge on any atom is 0.268 e. The number of hydrogen-bond donors (Lipinski definition) is 2. The molecular formula is C77H133N2O6P. The van der Waals surface area contributed by atoms with Crippen molar-refractivity contribution < 1.29 is 32.9 Å². The lowest BCUT2D eigenvalue weighted by atomic mass is 10.0. The minimum atomic E-state index is -4.60. The van der Waals surface area contributed by atoms with Crippen LogP contribution in [0.25, 0.3) is 0 Å². The molecule has 0 aromatic carbocycles. The Morgan fingerprint density at radius 2 is 0.709 bits per heavy atom. The fourth-order valence-electron chi connectivity index (χ4n) is 9.67. The Kier molecular flexibility index (Phi) is 63.0. The molecule has 0 aromatic heterocycles. The second kappa shape index (κ2) is 65.8. The van der Waals surface area contributed by atoms with Crippen molar-refractivity contribution in [2.24, 2.45) is 0 Å². The summed E-state index contributed by atoms with van der Waals surface area (Å²) in [7, 11) is 1.26. The smallest absolute Gasteiger partial charge is 0.268 e. The van der Waals surface area contributed by atoms with Gasteiger partial charge >= 0.3 is 0 Å². The van der Waals surface area contributed by atoms with Crippen LogP contribution in [-0.4, -0.2) is 68.5 Å². The first kappa shape index (κ1) is 82.4. The highest BCUT2D eigenvalue weighted by molar-refractivity contribution is 7.45. The maximum atomic E-state index is 13.0. The van der Waals surface area contributed by atoms with Crippen LogP contribution in [0.4, 0.5) is 0 Å². The van der Waals surface area contributed by atoms with Gasteiger partial charge in [-0.05, 0) is 103 Å². The van der Waals surface area contributed by atoms with Gasteiger partial charge in [0.15, 0.2) is 0 Å². The average Bonchev–Trinajstić information content (AvgIpc) is 3.70. The largest absolute Gasteiger partial charge is 0.756 e. The molecule has 0 spiro atoms. The molecule has 3 atom stereocenters. The Morgan fingerprint density at radius 3 is 1.01 bits per heavy atom. The molecular weight excluding hydrogens is 1080 g/mol. The number of rotatable bonds is 63. The molecule has 86 heavy (non-hydrogen) atoms. The normalized spacial score (nSPS) is 14.5. The molecule has 0 aliphatic carbocycles. The van der Waals surface area contributed by atoms with Crippen LogP contribution in [0.2, 0.25) is 0 Å². The lowest BCUT2D eigenvalue weighted by molar-refractivity contribution is -0.870. The standard InChI is InChI=1S/C77H133N2O6P/c1-6-8-10-12-14-16-18-20-22-24-26-28-30-32-33-34-35-36-37-38-39-40-41-42-43-44-45-47-49-51-53-55-57-59-61-63-65-67-69-71-77(81)78-75(74-85-86(82,83)84-73-72-79(3,4)5)76(80)70-68-66-64-62-60-58-56-54-52-50-48-46-31-29-27-25-23-21-19-17-15-13-11-9-7-2/h8,10,14,16,20,22,26,28,32-33,35-36,38-39,41-42,44-45,49,51,55,57,61,63,75-76,80H,6-7,9,11-13,15,17-19,21,23-25,27,29-31,34,37,40,43,46-48,50,52-54,56,58-60,62,64-74H2,1-5H3,(H-,78,81,82,83)/b10-8-,16-14-,22-20-,28-26-,33-32-,36-35-,39-38-,42-41-,45-44-,51-49-,57-55-,63-61-. The van der Waals surface area contributed by atoms with E-state index in [4.69, 9.17) is 9.05 Å². The molecule has 0 heterocycles. The lowest BCUT2D eigenvalue weighted by Crippen LogP contribution is -2.46. The summed E-state index contributed by atoms with van der Waals surface area (Å²) in [4.78, 5) is 25.6. The van der Waals surface area contributed by atoms with E-state index in [2.05, 4.69) is 165 Å². The molecule has 0 aliphatic rings. The third-order valence-electron chi connectivity index (χ3n) is 15.1. The molecule has 0 radical (unpaired) electrons. The van der Waals surface area contributed by atoms with Crippen LogP contribution in [0.3, 0.4) is 0 Å². The number of nitrogens with zero attached hydrogens (tertiary/aromatic N) is 1. The predicted octanol–water partition coefficient (Wildman–Crippen LogP) is 22.1. The summed E-state index contributed by atoms with van der Waals surface area (Å²) < 4.78 is 23.5. The van der Waals surface area contributed by atoms with Crippen LogP contribution >= 0.6 is 7.82 Å². The van der Waals surface area contributed by atoms with Crippen molar-refractivity contribution in [3.63, 3.8) is 0 Å². The highest BCUT2D eigenvalue weighted by atomic mass is 31.2. The molecule has 492 valence electrons. The zero-order chi connectivity index (χ0) is 62.6. The van der Waals surface area contributed by atoms with Crippen molar-refractivity contribution >= 4 is 13.7 Å². The number of amides is 1.